The Morgan fingerprint density at radius 2 is 1.62 bits per heavy atom. The van der Waals surface area contributed by atoms with E-state index >= 15 is 0 Å². The molecule has 2 aromatic rings. The molecule has 1 fully saturated rings. The van der Waals surface area contributed by atoms with Gasteiger partial charge in [0.15, 0.2) is 9.84 Å². The summed E-state index contributed by atoms with van der Waals surface area (Å²) >= 11 is 0. The Hall–Kier alpha value is -2.12. The molecule has 21 heavy (non-hydrogen) atoms. The molecule has 0 bridgehead atoms. The molecular weight excluding hydrogens is 282 g/mol. The predicted octanol–water partition coefficient (Wildman–Crippen LogP) is 3.07. The normalized spacial score (nSPS) is 24.3. The fraction of sp³-hybridized carbons (Fsp3) is 0.235. The highest BCUT2D eigenvalue weighted by atomic mass is 32.2. The number of sulfone groups is 1. The number of hydrogen-bond acceptors (Lipinski definition) is 3. The summed E-state index contributed by atoms with van der Waals surface area (Å²) in [6, 6.07) is 18.4. The average molecular weight is 297 g/mol. The predicted molar refractivity (Wildman–Crippen MR) is 80.4 cm³/mol. The Kier molecular flexibility index (Phi) is 3.30. The van der Waals surface area contributed by atoms with Crippen molar-refractivity contribution >= 4 is 9.84 Å². The highest BCUT2D eigenvalue weighted by molar-refractivity contribution is 7.92. The molecule has 0 heterocycles. The molecule has 1 aliphatic rings. The van der Waals surface area contributed by atoms with Crippen molar-refractivity contribution in [1.29, 1.82) is 5.26 Å². The van der Waals surface area contributed by atoms with Crippen molar-refractivity contribution in [3.8, 4) is 6.07 Å². The lowest BCUT2D eigenvalue weighted by Gasteiger charge is -2.04. The maximum Gasteiger partial charge on any atom is 0.183 e. The van der Waals surface area contributed by atoms with Crippen LogP contribution < -0.4 is 0 Å². The van der Waals surface area contributed by atoms with Gasteiger partial charge in [-0.25, -0.2) is 8.42 Å². The number of nitriles is 1. The number of rotatable bonds is 3. The fourth-order valence-electron chi connectivity index (χ4n) is 2.78. The van der Waals surface area contributed by atoms with Gasteiger partial charge in [0.05, 0.1) is 22.1 Å². The highest BCUT2D eigenvalue weighted by Crippen LogP contribution is 2.53. The van der Waals surface area contributed by atoms with Crippen molar-refractivity contribution in [2.24, 2.45) is 5.92 Å². The van der Waals surface area contributed by atoms with Crippen LogP contribution in [0.15, 0.2) is 59.5 Å². The van der Waals surface area contributed by atoms with Crippen LogP contribution in [0.4, 0.5) is 0 Å². The SMILES string of the molecule is Cc1ccc(S(=O)(=O)C2C(C#N)C2c2ccccc2)cc1. The van der Waals surface area contributed by atoms with E-state index in [4.69, 9.17) is 0 Å². The van der Waals surface area contributed by atoms with Crippen LogP contribution in [-0.4, -0.2) is 13.7 Å². The molecule has 106 valence electrons. The van der Waals surface area contributed by atoms with E-state index in [1.165, 1.54) is 0 Å². The number of benzene rings is 2. The molecule has 0 N–H and O–H groups in total. The van der Waals surface area contributed by atoms with Crippen molar-refractivity contribution in [3.05, 3.63) is 65.7 Å². The third-order valence-corrected chi connectivity index (χ3v) is 6.23. The molecule has 1 saturated carbocycles. The van der Waals surface area contributed by atoms with E-state index < -0.39 is 21.0 Å². The minimum Gasteiger partial charge on any atom is -0.223 e. The third-order valence-electron chi connectivity index (χ3n) is 4.00. The van der Waals surface area contributed by atoms with Crippen LogP contribution >= 0.6 is 0 Å². The van der Waals surface area contributed by atoms with Crippen LogP contribution in [0.25, 0.3) is 0 Å². The zero-order chi connectivity index (χ0) is 15.0. The summed E-state index contributed by atoms with van der Waals surface area (Å²) in [7, 11) is -3.46. The molecule has 3 unspecified atom stereocenters. The molecule has 4 heteroatoms. The molecule has 0 amide bonds. The van der Waals surface area contributed by atoms with E-state index in [-0.39, 0.29) is 5.92 Å². The molecule has 3 nitrogen and oxygen atoms in total. The van der Waals surface area contributed by atoms with Crippen LogP contribution in [0.2, 0.25) is 0 Å². The lowest BCUT2D eigenvalue weighted by atomic mass is 10.1. The van der Waals surface area contributed by atoms with Crippen LogP contribution in [-0.2, 0) is 9.84 Å². The zero-order valence-corrected chi connectivity index (χ0v) is 12.4. The van der Waals surface area contributed by atoms with Crippen LogP contribution in [0.1, 0.15) is 17.0 Å². The van der Waals surface area contributed by atoms with E-state index in [1.807, 2.05) is 37.3 Å². The lowest BCUT2D eigenvalue weighted by molar-refractivity contribution is 0.593. The van der Waals surface area contributed by atoms with Gasteiger partial charge >= 0.3 is 0 Å². The standard InChI is InChI=1S/C17H15NO2S/c1-12-7-9-14(10-8-12)21(19,20)17-15(11-18)16(17)13-5-3-2-4-6-13/h2-10,15-17H,1H3. The smallest absolute Gasteiger partial charge is 0.183 e. The lowest BCUT2D eigenvalue weighted by Crippen LogP contribution is -2.10. The van der Waals surface area contributed by atoms with Gasteiger partial charge in [-0.1, -0.05) is 48.0 Å². The molecule has 0 aromatic heterocycles. The summed E-state index contributed by atoms with van der Waals surface area (Å²) in [5.74, 6) is -0.679. The highest BCUT2D eigenvalue weighted by Gasteiger charge is 2.59. The Labute approximate surface area is 124 Å². The minimum atomic E-state index is -3.46. The first-order valence-corrected chi connectivity index (χ1v) is 8.35. The molecule has 1 aliphatic carbocycles. The van der Waals surface area contributed by atoms with Gasteiger partial charge in [0.25, 0.3) is 0 Å². The largest absolute Gasteiger partial charge is 0.223 e. The first-order valence-electron chi connectivity index (χ1n) is 6.81. The minimum absolute atomic E-state index is 0.220. The molecule has 0 spiro atoms. The Morgan fingerprint density at radius 3 is 2.19 bits per heavy atom. The van der Waals surface area contributed by atoms with Gasteiger partial charge in [0.2, 0.25) is 0 Å². The monoisotopic (exact) mass is 297 g/mol. The summed E-state index contributed by atoms with van der Waals surface area (Å²) in [4.78, 5) is 0.303. The van der Waals surface area contributed by atoms with Crippen molar-refractivity contribution in [1.82, 2.24) is 0 Å². The topological polar surface area (TPSA) is 57.9 Å². The molecule has 3 atom stereocenters. The molecule has 0 aliphatic heterocycles. The van der Waals surface area contributed by atoms with E-state index in [9.17, 15) is 13.7 Å². The van der Waals surface area contributed by atoms with Gasteiger partial charge in [-0.2, -0.15) is 5.26 Å². The summed E-state index contributed by atoms with van der Waals surface area (Å²) in [6.07, 6.45) is 0. The maximum atomic E-state index is 12.7. The third kappa shape index (κ3) is 2.34. The molecule has 2 aromatic carbocycles. The summed E-state index contributed by atoms with van der Waals surface area (Å²) in [5, 5.41) is 8.62. The van der Waals surface area contributed by atoms with Gasteiger partial charge in [0, 0.05) is 5.92 Å². The van der Waals surface area contributed by atoms with Gasteiger partial charge in [-0.3, -0.25) is 0 Å². The molecular formula is C17H15NO2S. The second-order valence-electron chi connectivity index (χ2n) is 5.41. The van der Waals surface area contributed by atoms with Crippen LogP contribution in [0, 0.1) is 24.2 Å². The van der Waals surface area contributed by atoms with Crippen LogP contribution in [0.3, 0.4) is 0 Å². The van der Waals surface area contributed by atoms with Crippen molar-refractivity contribution in [2.45, 2.75) is 23.0 Å². The number of hydrogen-bond donors (Lipinski definition) is 0. The summed E-state index contributed by atoms with van der Waals surface area (Å²) in [6.45, 7) is 1.92. The van der Waals surface area contributed by atoms with Crippen molar-refractivity contribution < 1.29 is 8.42 Å². The van der Waals surface area contributed by atoms with Gasteiger partial charge in [-0.15, -0.1) is 0 Å². The molecule has 0 saturated heterocycles. The fourth-order valence-corrected chi connectivity index (χ4v) is 4.85. The van der Waals surface area contributed by atoms with Gasteiger partial charge < -0.3 is 0 Å². The zero-order valence-electron chi connectivity index (χ0n) is 11.6. The van der Waals surface area contributed by atoms with Gasteiger partial charge in [-0.05, 0) is 24.6 Å². The van der Waals surface area contributed by atoms with E-state index in [1.54, 1.807) is 24.3 Å². The summed E-state index contributed by atoms with van der Waals surface area (Å²) in [5.41, 5.74) is 1.94. The second-order valence-corrected chi connectivity index (χ2v) is 7.52. The number of nitrogens with zero attached hydrogens (tertiary/aromatic N) is 1. The Morgan fingerprint density at radius 1 is 1.00 bits per heavy atom. The van der Waals surface area contributed by atoms with E-state index in [0.717, 1.165) is 11.1 Å². The van der Waals surface area contributed by atoms with E-state index in [2.05, 4.69) is 6.07 Å². The molecule has 0 radical (unpaired) electrons. The first-order chi connectivity index (χ1) is 10.1. The Bertz CT molecular complexity index is 789. The second kappa shape index (κ2) is 5.01. The van der Waals surface area contributed by atoms with Crippen molar-refractivity contribution in [3.63, 3.8) is 0 Å². The first kappa shape index (κ1) is 13.8. The average Bonchev–Trinajstić information content (AvgIpc) is 3.24. The Balaban J connectivity index is 1.97. The maximum absolute atomic E-state index is 12.7. The molecule has 3 rings (SSSR count). The number of aryl methyl sites for hydroxylation is 1. The van der Waals surface area contributed by atoms with E-state index in [0.29, 0.717) is 4.90 Å². The van der Waals surface area contributed by atoms with Crippen molar-refractivity contribution in [2.75, 3.05) is 0 Å². The summed E-state index contributed by atoms with van der Waals surface area (Å²) < 4.78 is 25.4. The van der Waals surface area contributed by atoms with Gasteiger partial charge in [0.1, 0.15) is 0 Å². The van der Waals surface area contributed by atoms with Crippen LogP contribution in [0.5, 0.6) is 0 Å². The quantitative estimate of drug-likeness (QED) is 0.874.